The van der Waals surface area contributed by atoms with Gasteiger partial charge in [0.2, 0.25) is 0 Å². The average Bonchev–Trinajstić information content (AvgIpc) is 3.57. The molecule has 3 aromatic heterocycles. The first-order valence-corrected chi connectivity index (χ1v) is 11.8. The molecule has 0 aliphatic carbocycles. The Hall–Kier alpha value is -3.75. The van der Waals surface area contributed by atoms with E-state index in [-0.39, 0.29) is 0 Å². The summed E-state index contributed by atoms with van der Waals surface area (Å²) in [5, 5.41) is 12.7. The van der Waals surface area contributed by atoms with Crippen molar-refractivity contribution < 1.29 is 4.74 Å². The van der Waals surface area contributed by atoms with Gasteiger partial charge in [0, 0.05) is 30.0 Å². The molecule has 0 saturated carbocycles. The number of ether oxygens (including phenoxy) is 1. The molecule has 33 heavy (non-hydrogen) atoms. The zero-order chi connectivity index (χ0) is 22.0. The number of H-pyrrole nitrogens is 1. The third-order valence-corrected chi connectivity index (χ3v) is 6.60. The summed E-state index contributed by atoms with van der Waals surface area (Å²) in [4.78, 5) is 12.9. The molecule has 0 unspecified atom stereocenters. The summed E-state index contributed by atoms with van der Waals surface area (Å²) in [6.07, 6.45) is 1.73. The molecule has 4 heterocycles. The normalized spacial score (nSPS) is 14.0. The predicted octanol–water partition coefficient (Wildman–Crippen LogP) is 5.33. The van der Waals surface area contributed by atoms with Crippen molar-refractivity contribution >= 4 is 39.6 Å². The first kappa shape index (κ1) is 19.9. The topological polar surface area (TPSA) is 79.0 Å². The maximum Gasteiger partial charge on any atom is 0.172 e. The molecule has 2 aromatic carbocycles. The molecule has 6 rings (SSSR count). The Kier molecular flexibility index (Phi) is 5.22. The third kappa shape index (κ3) is 3.94. The standard InChI is InChI=1S/C25H22N6OS/c1-2-8-21(31-10-12-32-13-11-31)19(7-1)17-5-3-6-18(15-17)27-25-23-20(16-26-30-23)28-24(29-25)22-9-4-14-33-22/h1-9,14-16H,10-13H2,(H,26,30)(H,27,28,29). The van der Waals surface area contributed by atoms with Gasteiger partial charge in [-0.25, -0.2) is 9.97 Å². The van der Waals surface area contributed by atoms with Crippen molar-refractivity contribution in [3.63, 3.8) is 0 Å². The van der Waals surface area contributed by atoms with E-state index in [1.165, 1.54) is 11.3 Å². The van der Waals surface area contributed by atoms with Crippen molar-refractivity contribution in [2.75, 3.05) is 36.5 Å². The van der Waals surface area contributed by atoms with Crippen LogP contribution >= 0.6 is 11.3 Å². The average molecular weight is 455 g/mol. The minimum absolute atomic E-state index is 0.690. The van der Waals surface area contributed by atoms with Gasteiger partial charge in [-0.05, 0) is 35.2 Å². The number of hydrogen-bond donors (Lipinski definition) is 2. The highest BCUT2D eigenvalue weighted by molar-refractivity contribution is 7.13. The molecule has 2 N–H and O–H groups in total. The minimum atomic E-state index is 0.690. The maximum absolute atomic E-state index is 5.55. The highest BCUT2D eigenvalue weighted by Crippen LogP contribution is 2.34. The summed E-state index contributed by atoms with van der Waals surface area (Å²) >= 11 is 1.62. The summed E-state index contributed by atoms with van der Waals surface area (Å²) in [5.74, 6) is 1.40. The molecule has 5 aromatic rings. The van der Waals surface area contributed by atoms with E-state index in [9.17, 15) is 0 Å². The van der Waals surface area contributed by atoms with Gasteiger partial charge in [-0.3, -0.25) is 5.10 Å². The van der Waals surface area contributed by atoms with Crippen LogP contribution in [0.3, 0.4) is 0 Å². The first-order valence-electron chi connectivity index (χ1n) is 10.9. The van der Waals surface area contributed by atoms with Crippen molar-refractivity contribution in [1.82, 2.24) is 20.2 Å². The van der Waals surface area contributed by atoms with Gasteiger partial charge in [-0.2, -0.15) is 5.10 Å². The fraction of sp³-hybridized carbons (Fsp3) is 0.160. The molecule has 1 aliphatic rings. The van der Waals surface area contributed by atoms with E-state index in [1.54, 1.807) is 17.5 Å². The predicted molar refractivity (Wildman–Crippen MR) is 133 cm³/mol. The third-order valence-electron chi connectivity index (χ3n) is 5.73. The van der Waals surface area contributed by atoms with Crippen LogP contribution in [0.15, 0.2) is 72.2 Å². The Labute approximate surface area is 195 Å². The number of morpholine rings is 1. The van der Waals surface area contributed by atoms with Gasteiger partial charge in [0.25, 0.3) is 0 Å². The summed E-state index contributed by atoms with van der Waals surface area (Å²) in [7, 11) is 0. The van der Waals surface area contributed by atoms with E-state index in [1.807, 2.05) is 17.5 Å². The van der Waals surface area contributed by atoms with Crippen LogP contribution in [0.2, 0.25) is 0 Å². The Morgan fingerprint density at radius 2 is 1.88 bits per heavy atom. The molecule has 1 fully saturated rings. The number of fused-ring (bicyclic) bond motifs is 1. The van der Waals surface area contributed by atoms with Gasteiger partial charge < -0.3 is 15.0 Å². The van der Waals surface area contributed by atoms with Crippen LogP contribution in [0.4, 0.5) is 17.2 Å². The Bertz CT molecular complexity index is 1390. The second-order valence-corrected chi connectivity index (χ2v) is 8.77. The van der Waals surface area contributed by atoms with Gasteiger partial charge >= 0.3 is 0 Å². The van der Waals surface area contributed by atoms with Crippen LogP contribution in [-0.4, -0.2) is 46.5 Å². The molecule has 164 valence electrons. The van der Waals surface area contributed by atoms with Gasteiger partial charge in [-0.15, -0.1) is 11.3 Å². The SMILES string of the molecule is c1cc(Nc2nc(-c3cccs3)nc3cn[nH]c23)cc(-c2ccccc2N2CCOCC2)c1. The summed E-state index contributed by atoms with van der Waals surface area (Å²) in [6, 6.07) is 21.0. The van der Waals surface area contributed by atoms with Crippen LogP contribution in [-0.2, 0) is 4.74 Å². The first-order chi connectivity index (χ1) is 16.3. The van der Waals surface area contributed by atoms with E-state index < -0.39 is 0 Å². The number of para-hydroxylation sites is 1. The quantitative estimate of drug-likeness (QED) is 0.374. The molecular formula is C25H22N6OS. The number of nitrogens with one attached hydrogen (secondary N) is 2. The van der Waals surface area contributed by atoms with E-state index in [2.05, 4.69) is 73.9 Å². The van der Waals surface area contributed by atoms with Crippen LogP contribution in [0.5, 0.6) is 0 Å². The Balaban J connectivity index is 1.37. The molecule has 8 heteroatoms. The molecule has 0 spiro atoms. The summed E-state index contributed by atoms with van der Waals surface area (Å²) < 4.78 is 5.55. The number of aromatic amines is 1. The molecule has 0 bridgehead atoms. The van der Waals surface area contributed by atoms with Gasteiger partial charge in [0.1, 0.15) is 11.0 Å². The zero-order valence-corrected chi connectivity index (χ0v) is 18.7. The number of aromatic nitrogens is 4. The molecule has 0 amide bonds. The molecule has 0 radical (unpaired) electrons. The van der Waals surface area contributed by atoms with Gasteiger partial charge in [-0.1, -0.05) is 36.4 Å². The largest absolute Gasteiger partial charge is 0.378 e. The van der Waals surface area contributed by atoms with Crippen LogP contribution in [0.25, 0.3) is 32.9 Å². The van der Waals surface area contributed by atoms with Crippen molar-refractivity contribution in [3.05, 3.63) is 72.2 Å². The van der Waals surface area contributed by atoms with E-state index in [0.29, 0.717) is 11.6 Å². The Morgan fingerprint density at radius 1 is 0.970 bits per heavy atom. The summed E-state index contributed by atoms with van der Waals surface area (Å²) in [5.41, 5.74) is 6.11. The number of anilines is 3. The second kappa shape index (κ2) is 8.65. The number of rotatable bonds is 5. The number of thiophene rings is 1. The summed E-state index contributed by atoms with van der Waals surface area (Å²) in [6.45, 7) is 3.32. The fourth-order valence-corrected chi connectivity index (χ4v) is 4.80. The monoisotopic (exact) mass is 454 g/mol. The molecule has 1 aliphatic heterocycles. The lowest BCUT2D eigenvalue weighted by atomic mass is 10.0. The lowest BCUT2D eigenvalue weighted by Gasteiger charge is -2.30. The van der Waals surface area contributed by atoms with Crippen LogP contribution < -0.4 is 10.2 Å². The second-order valence-electron chi connectivity index (χ2n) is 7.83. The van der Waals surface area contributed by atoms with Crippen molar-refractivity contribution in [3.8, 4) is 21.8 Å². The lowest BCUT2D eigenvalue weighted by Crippen LogP contribution is -2.36. The Morgan fingerprint density at radius 3 is 2.76 bits per heavy atom. The van der Waals surface area contributed by atoms with Crippen LogP contribution in [0.1, 0.15) is 0 Å². The number of hydrogen-bond acceptors (Lipinski definition) is 7. The maximum atomic E-state index is 5.55. The minimum Gasteiger partial charge on any atom is -0.378 e. The van der Waals surface area contributed by atoms with Gasteiger partial charge in [0.15, 0.2) is 11.6 Å². The number of nitrogens with zero attached hydrogens (tertiary/aromatic N) is 4. The molecular weight excluding hydrogens is 432 g/mol. The van der Waals surface area contributed by atoms with Crippen molar-refractivity contribution in [2.24, 2.45) is 0 Å². The number of benzene rings is 2. The highest BCUT2D eigenvalue weighted by atomic mass is 32.1. The molecule has 1 saturated heterocycles. The fourth-order valence-electron chi connectivity index (χ4n) is 4.15. The lowest BCUT2D eigenvalue weighted by molar-refractivity contribution is 0.123. The van der Waals surface area contributed by atoms with E-state index in [4.69, 9.17) is 9.72 Å². The molecule has 0 atom stereocenters. The highest BCUT2D eigenvalue weighted by Gasteiger charge is 2.16. The van der Waals surface area contributed by atoms with Crippen molar-refractivity contribution in [1.29, 1.82) is 0 Å². The van der Waals surface area contributed by atoms with Crippen molar-refractivity contribution in [2.45, 2.75) is 0 Å². The van der Waals surface area contributed by atoms with E-state index >= 15 is 0 Å². The molecule has 7 nitrogen and oxygen atoms in total. The van der Waals surface area contributed by atoms with Crippen LogP contribution in [0, 0.1) is 0 Å². The smallest absolute Gasteiger partial charge is 0.172 e. The van der Waals surface area contributed by atoms with E-state index in [0.717, 1.165) is 53.5 Å². The zero-order valence-electron chi connectivity index (χ0n) is 17.9. The van der Waals surface area contributed by atoms with Gasteiger partial charge in [0.05, 0.1) is 24.3 Å².